The van der Waals surface area contributed by atoms with E-state index in [2.05, 4.69) is 53.7 Å². The van der Waals surface area contributed by atoms with Crippen molar-refractivity contribution in [2.75, 3.05) is 53.4 Å². The Hall–Kier alpha value is -3.48. The Morgan fingerprint density at radius 2 is 1.15 bits per heavy atom. The van der Waals surface area contributed by atoms with Gasteiger partial charge in [0, 0.05) is 32.1 Å². The summed E-state index contributed by atoms with van der Waals surface area (Å²) in [6, 6.07) is 30.4. The third-order valence-electron chi connectivity index (χ3n) is 8.68. The first-order valence-corrected chi connectivity index (χ1v) is 14.1. The molecular weight excluding hydrogens is 484 g/mol. The molecule has 2 saturated heterocycles. The number of rotatable bonds is 7. The van der Waals surface area contributed by atoms with E-state index in [0.717, 1.165) is 42.6 Å². The van der Waals surface area contributed by atoms with Gasteiger partial charge in [0.25, 0.3) is 0 Å². The van der Waals surface area contributed by atoms with Crippen LogP contribution in [0.25, 0.3) is 0 Å². The van der Waals surface area contributed by atoms with Crippen molar-refractivity contribution in [3.05, 3.63) is 108 Å². The van der Waals surface area contributed by atoms with Gasteiger partial charge in [-0.05, 0) is 56.7 Å². The van der Waals surface area contributed by atoms with Gasteiger partial charge in [-0.1, -0.05) is 91.0 Å². The number of carbonyl (C=O) groups is 2. The molecule has 2 aliphatic rings. The van der Waals surface area contributed by atoms with Crippen molar-refractivity contribution < 1.29 is 9.59 Å². The van der Waals surface area contributed by atoms with Crippen LogP contribution in [0.15, 0.2) is 91.0 Å². The van der Waals surface area contributed by atoms with Crippen molar-refractivity contribution in [1.29, 1.82) is 0 Å². The van der Waals surface area contributed by atoms with E-state index in [9.17, 15) is 9.59 Å². The fourth-order valence-corrected chi connectivity index (χ4v) is 6.34. The highest BCUT2D eigenvalue weighted by molar-refractivity contribution is 5.89. The summed E-state index contributed by atoms with van der Waals surface area (Å²) in [5, 5.41) is 3.34. The zero-order valence-corrected chi connectivity index (χ0v) is 23.1. The number of piperidine rings is 1. The Bertz CT molecular complexity index is 1180. The van der Waals surface area contributed by atoms with E-state index in [0.29, 0.717) is 26.2 Å². The number of likely N-dealkylation sites (N-methyl/N-ethyl adjacent to an activating group) is 1. The lowest BCUT2D eigenvalue weighted by Gasteiger charge is -2.45. The Balaban J connectivity index is 1.32. The van der Waals surface area contributed by atoms with E-state index >= 15 is 0 Å². The number of nitrogens with zero attached hydrogens (tertiary/aromatic N) is 3. The number of likely N-dealkylation sites (tertiary alicyclic amines) is 1. The van der Waals surface area contributed by atoms with Gasteiger partial charge in [0.2, 0.25) is 11.8 Å². The molecule has 5 rings (SSSR count). The largest absolute Gasteiger partial charge is 0.338 e. The van der Waals surface area contributed by atoms with Crippen molar-refractivity contribution in [2.24, 2.45) is 0 Å². The van der Waals surface area contributed by atoms with Crippen molar-refractivity contribution >= 4 is 11.8 Å². The molecule has 6 nitrogen and oxygen atoms in total. The summed E-state index contributed by atoms with van der Waals surface area (Å²) < 4.78 is 0. The van der Waals surface area contributed by atoms with Gasteiger partial charge < -0.3 is 20.0 Å². The SMILES string of the molecule is CNC(C(=O)N1CCN(C(=O)C2(c3ccccc3)CCN(C)CC2)CC1)C(c1ccccc1)c1ccccc1. The minimum atomic E-state index is -0.487. The molecule has 39 heavy (non-hydrogen) atoms. The van der Waals surface area contributed by atoms with Crippen LogP contribution in [-0.2, 0) is 15.0 Å². The lowest BCUT2D eigenvalue weighted by Crippen LogP contribution is -2.59. The molecular formula is C33H40N4O2. The highest BCUT2D eigenvalue weighted by Gasteiger charge is 2.45. The number of piperazine rings is 1. The summed E-state index contributed by atoms with van der Waals surface area (Å²) in [5.41, 5.74) is 2.85. The molecule has 2 heterocycles. The summed E-state index contributed by atoms with van der Waals surface area (Å²) in [5.74, 6) is 0.190. The summed E-state index contributed by atoms with van der Waals surface area (Å²) in [6.07, 6.45) is 1.65. The number of hydrogen-bond acceptors (Lipinski definition) is 4. The Morgan fingerprint density at radius 3 is 1.64 bits per heavy atom. The predicted octanol–water partition coefficient (Wildman–Crippen LogP) is 3.74. The van der Waals surface area contributed by atoms with Crippen LogP contribution in [0.2, 0.25) is 0 Å². The lowest BCUT2D eigenvalue weighted by atomic mass is 9.71. The van der Waals surface area contributed by atoms with Crippen molar-refractivity contribution in [2.45, 2.75) is 30.2 Å². The van der Waals surface area contributed by atoms with Crippen LogP contribution in [0.4, 0.5) is 0 Å². The second-order valence-electron chi connectivity index (χ2n) is 10.9. The van der Waals surface area contributed by atoms with E-state index in [1.165, 1.54) is 0 Å². The van der Waals surface area contributed by atoms with E-state index in [4.69, 9.17) is 0 Å². The van der Waals surface area contributed by atoms with E-state index in [-0.39, 0.29) is 17.7 Å². The summed E-state index contributed by atoms with van der Waals surface area (Å²) in [7, 11) is 3.99. The molecule has 1 N–H and O–H groups in total. The van der Waals surface area contributed by atoms with Crippen LogP contribution in [0.3, 0.4) is 0 Å². The van der Waals surface area contributed by atoms with E-state index in [1.54, 1.807) is 0 Å². The maximum Gasteiger partial charge on any atom is 0.240 e. The van der Waals surface area contributed by atoms with E-state index < -0.39 is 11.5 Å². The molecule has 204 valence electrons. The summed E-state index contributed by atoms with van der Waals surface area (Å²) >= 11 is 0. The monoisotopic (exact) mass is 524 g/mol. The molecule has 3 aromatic carbocycles. The number of hydrogen-bond donors (Lipinski definition) is 1. The first-order chi connectivity index (χ1) is 19.0. The van der Waals surface area contributed by atoms with Crippen molar-refractivity contribution in [3.63, 3.8) is 0 Å². The highest BCUT2D eigenvalue weighted by atomic mass is 16.2. The first kappa shape index (κ1) is 27.1. The van der Waals surface area contributed by atoms with Gasteiger partial charge in [-0.2, -0.15) is 0 Å². The lowest BCUT2D eigenvalue weighted by molar-refractivity contribution is -0.145. The fraction of sp³-hybridized carbons (Fsp3) is 0.394. The van der Waals surface area contributed by atoms with Crippen molar-refractivity contribution in [3.8, 4) is 0 Å². The minimum Gasteiger partial charge on any atom is -0.338 e. The second-order valence-corrected chi connectivity index (χ2v) is 10.9. The average Bonchev–Trinajstić information content (AvgIpc) is 3.01. The molecule has 0 aromatic heterocycles. The standard InChI is InChI=1S/C33H40N4O2/c1-34-30(29(26-12-6-3-7-13-26)27-14-8-4-9-15-27)31(38)36-22-24-37(25-23-36)32(39)33(18-20-35(2)21-19-33)28-16-10-5-11-17-28/h3-17,29-30,34H,18-25H2,1-2H3. The number of carbonyl (C=O) groups excluding carboxylic acids is 2. The van der Waals surface area contributed by atoms with Crippen LogP contribution < -0.4 is 5.32 Å². The second kappa shape index (κ2) is 12.1. The molecule has 1 atom stereocenters. The number of benzene rings is 3. The Labute approximate surface area is 232 Å². The van der Waals surface area contributed by atoms with Crippen LogP contribution in [0.1, 0.15) is 35.4 Å². The Kier molecular flexibility index (Phi) is 8.44. The maximum atomic E-state index is 14.1. The normalized spacial score (nSPS) is 18.6. The molecule has 3 aromatic rings. The average molecular weight is 525 g/mol. The van der Waals surface area contributed by atoms with Gasteiger partial charge in [-0.15, -0.1) is 0 Å². The zero-order chi connectivity index (χ0) is 27.2. The van der Waals surface area contributed by atoms with Crippen LogP contribution in [0.5, 0.6) is 0 Å². The van der Waals surface area contributed by atoms with E-state index in [1.807, 2.05) is 71.4 Å². The van der Waals surface area contributed by atoms with Gasteiger partial charge in [0.15, 0.2) is 0 Å². The summed E-state index contributed by atoms with van der Waals surface area (Å²) in [6.45, 7) is 4.03. The van der Waals surface area contributed by atoms with Gasteiger partial charge in [0.1, 0.15) is 0 Å². The Morgan fingerprint density at radius 1 is 0.692 bits per heavy atom. The van der Waals surface area contributed by atoms with Gasteiger partial charge >= 0.3 is 0 Å². The molecule has 0 aliphatic carbocycles. The molecule has 2 fully saturated rings. The smallest absolute Gasteiger partial charge is 0.240 e. The fourth-order valence-electron chi connectivity index (χ4n) is 6.34. The molecule has 0 bridgehead atoms. The quantitative estimate of drug-likeness (QED) is 0.512. The molecule has 6 heteroatoms. The summed E-state index contributed by atoms with van der Waals surface area (Å²) in [4.78, 5) is 34.3. The first-order valence-electron chi connectivity index (χ1n) is 14.1. The topological polar surface area (TPSA) is 55.9 Å². The molecule has 2 amide bonds. The minimum absolute atomic E-state index is 0.0827. The number of nitrogens with one attached hydrogen (secondary N) is 1. The maximum absolute atomic E-state index is 14.1. The van der Waals surface area contributed by atoms with Gasteiger partial charge in [-0.25, -0.2) is 0 Å². The van der Waals surface area contributed by atoms with Gasteiger partial charge in [-0.3, -0.25) is 9.59 Å². The van der Waals surface area contributed by atoms with Gasteiger partial charge in [0.05, 0.1) is 11.5 Å². The number of amides is 2. The third-order valence-corrected chi connectivity index (χ3v) is 8.68. The van der Waals surface area contributed by atoms with Crippen LogP contribution >= 0.6 is 0 Å². The molecule has 2 aliphatic heterocycles. The molecule has 1 unspecified atom stereocenters. The highest BCUT2D eigenvalue weighted by Crippen LogP contribution is 2.37. The molecule has 0 spiro atoms. The third kappa shape index (κ3) is 5.63. The van der Waals surface area contributed by atoms with Crippen LogP contribution in [-0.4, -0.2) is 85.9 Å². The zero-order valence-electron chi connectivity index (χ0n) is 23.1. The molecule has 0 saturated carbocycles. The van der Waals surface area contributed by atoms with Crippen LogP contribution in [0, 0.1) is 0 Å². The predicted molar refractivity (Wildman–Crippen MR) is 156 cm³/mol. The molecule has 0 radical (unpaired) electrons. The van der Waals surface area contributed by atoms with Crippen molar-refractivity contribution in [1.82, 2.24) is 20.0 Å².